The molecule has 1 aliphatic carbocycles. The van der Waals surface area contributed by atoms with Crippen molar-refractivity contribution in [2.45, 2.75) is 44.6 Å². The predicted octanol–water partition coefficient (Wildman–Crippen LogP) is 1.69. The summed E-state index contributed by atoms with van der Waals surface area (Å²) in [5, 5.41) is 0. The summed E-state index contributed by atoms with van der Waals surface area (Å²) in [5.41, 5.74) is 0. The minimum absolute atomic E-state index is 0.330. The molecule has 2 unspecified atom stereocenters. The normalized spacial score (nSPS) is 32.3. The molecular formula is C12H23NO2S. The van der Waals surface area contributed by atoms with Gasteiger partial charge in [-0.1, -0.05) is 12.8 Å². The Labute approximate surface area is 99.1 Å². The average molecular weight is 245 g/mol. The molecule has 0 aromatic rings. The first-order valence-electron chi connectivity index (χ1n) is 6.48. The lowest BCUT2D eigenvalue weighted by Crippen LogP contribution is -2.48. The molecule has 1 saturated carbocycles. The summed E-state index contributed by atoms with van der Waals surface area (Å²) in [4.78, 5) is 2.44. The molecule has 0 aromatic carbocycles. The molecule has 2 rings (SSSR count). The summed E-state index contributed by atoms with van der Waals surface area (Å²) in [6.07, 6.45) is 9.31. The fraction of sp³-hybridized carbons (Fsp3) is 1.00. The van der Waals surface area contributed by atoms with Crippen molar-refractivity contribution < 1.29 is 8.42 Å². The number of sulfone groups is 1. The van der Waals surface area contributed by atoms with Gasteiger partial charge in [-0.25, -0.2) is 8.42 Å². The van der Waals surface area contributed by atoms with Crippen LogP contribution >= 0.6 is 0 Å². The van der Waals surface area contributed by atoms with Crippen LogP contribution in [0.4, 0.5) is 0 Å². The molecule has 3 nitrogen and oxygen atoms in total. The van der Waals surface area contributed by atoms with E-state index in [1.165, 1.54) is 44.8 Å². The van der Waals surface area contributed by atoms with Crippen molar-refractivity contribution >= 4 is 9.84 Å². The Morgan fingerprint density at radius 3 is 2.56 bits per heavy atom. The van der Waals surface area contributed by atoms with Crippen molar-refractivity contribution in [3.63, 3.8) is 0 Å². The Balaban J connectivity index is 1.92. The number of rotatable bonds is 3. The Hall–Kier alpha value is -0.0900. The van der Waals surface area contributed by atoms with Crippen LogP contribution in [0.5, 0.6) is 0 Å². The molecule has 94 valence electrons. The minimum atomic E-state index is -2.80. The van der Waals surface area contributed by atoms with Crippen molar-refractivity contribution in [1.82, 2.24) is 4.90 Å². The van der Waals surface area contributed by atoms with Crippen LogP contribution in [0.3, 0.4) is 0 Å². The molecule has 0 bridgehead atoms. The lowest BCUT2D eigenvalue weighted by molar-refractivity contribution is 0.0663. The molecule has 0 spiro atoms. The highest BCUT2D eigenvalue weighted by Crippen LogP contribution is 2.34. The van der Waals surface area contributed by atoms with Crippen LogP contribution in [0.15, 0.2) is 0 Å². The molecule has 1 heterocycles. The molecule has 0 radical (unpaired) electrons. The Kier molecular flexibility index (Phi) is 3.90. The number of hydrogen-bond acceptors (Lipinski definition) is 3. The maximum atomic E-state index is 11.2. The molecule has 1 saturated heterocycles. The van der Waals surface area contributed by atoms with Gasteiger partial charge in [-0.15, -0.1) is 0 Å². The van der Waals surface area contributed by atoms with E-state index in [4.69, 9.17) is 0 Å². The number of piperidine rings is 1. The zero-order chi connectivity index (χ0) is 11.6. The molecule has 4 heteroatoms. The largest absolute Gasteiger partial charge is 0.299 e. The Bertz CT molecular complexity index is 324. The maximum absolute atomic E-state index is 11.2. The summed E-state index contributed by atoms with van der Waals surface area (Å²) in [5.74, 6) is 1.18. The van der Waals surface area contributed by atoms with Crippen LogP contribution in [0.2, 0.25) is 0 Å². The summed E-state index contributed by atoms with van der Waals surface area (Å²) < 4.78 is 22.4. The van der Waals surface area contributed by atoms with Gasteiger partial charge >= 0.3 is 0 Å². The summed E-state index contributed by atoms with van der Waals surface area (Å²) in [6.45, 7) is 1.86. The summed E-state index contributed by atoms with van der Waals surface area (Å²) in [7, 11) is -2.80. The van der Waals surface area contributed by atoms with Gasteiger partial charge in [0.2, 0.25) is 0 Å². The minimum Gasteiger partial charge on any atom is -0.299 e. The second kappa shape index (κ2) is 5.05. The van der Waals surface area contributed by atoms with Gasteiger partial charge in [0.15, 0.2) is 0 Å². The van der Waals surface area contributed by atoms with Crippen molar-refractivity contribution in [3.05, 3.63) is 0 Å². The zero-order valence-electron chi connectivity index (χ0n) is 10.2. The van der Waals surface area contributed by atoms with Gasteiger partial charge < -0.3 is 0 Å². The molecule has 0 aromatic heterocycles. The lowest BCUT2D eigenvalue weighted by atomic mass is 9.78. The maximum Gasteiger partial charge on any atom is 0.148 e. The molecule has 0 N–H and O–H groups in total. The van der Waals surface area contributed by atoms with Crippen LogP contribution in [0.25, 0.3) is 0 Å². The monoisotopic (exact) mass is 245 g/mol. The fourth-order valence-electron chi connectivity index (χ4n) is 3.29. The standard InChI is InChI=1S/C12H23NO2S/c1-16(14,15)10-9-13-8-4-6-11-5-2-3-7-12(11)13/h11-12H,2-10H2,1H3. The van der Waals surface area contributed by atoms with Crippen molar-refractivity contribution in [1.29, 1.82) is 0 Å². The number of hydrogen-bond donors (Lipinski definition) is 0. The third-order valence-corrected chi connectivity index (χ3v) is 5.03. The van der Waals surface area contributed by atoms with Gasteiger partial charge in [0.25, 0.3) is 0 Å². The van der Waals surface area contributed by atoms with E-state index in [1.807, 2.05) is 0 Å². The molecule has 1 aliphatic heterocycles. The third-order valence-electron chi connectivity index (χ3n) is 4.11. The van der Waals surface area contributed by atoms with E-state index in [1.54, 1.807) is 0 Å². The summed E-state index contributed by atoms with van der Waals surface area (Å²) >= 11 is 0. The van der Waals surface area contributed by atoms with Gasteiger partial charge in [-0.3, -0.25) is 4.90 Å². The van der Waals surface area contributed by atoms with E-state index in [2.05, 4.69) is 4.90 Å². The first-order chi connectivity index (χ1) is 7.56. The summed E-state index contributed by atoms with van der Waals surface area (Å²) in [6, 6.07) is 0.684. The van der Waals surface area contributed by atoms with E-state index < -0.39 is 9.84 Å². The van der Waals surface area contributed by atoms with Gasteiger partial charge in [-0.2, -0.15) is 0 Å². The smallest absolute Gasteiger partial charge is 0.148 e. The van der Waals surface area contributed by atoms with E-state index in [-0.39, 0.29) is 0 Å². The van der Waals surface area contributed by atoms with Crippen LogP contribution in [0, 0.1) is 5.92 Å². The van der Waals surface area contributed by atoms with E-state index >= 15 is 0 Å². The Morgan fingerprint density at radius 2 is 1.81 bits per heavy atom. The molecule has 2 aliphatic rings. The van der Waals surface area contributed by atoms with Crippen LogP contribution in [0.1, 0.15) is 38.5 Å². The molecule has 0 amide bonds. The highest BCUT2D eigenvalue weighted by atomic mass is 32.2. The molecule has 2 atom stereocenters. The zero-order valence-corrected chi connectivity index (χ0v) is 11.0. The first-order valence-corrected chi connectivity index (χ1v) is 8.54. The fourth-order valence-corrected chi connectivity index (χ4v) is 3.85. The topological polar surface area (TPSA) is 37.4 Å². The second-order valence-corrected chi connectivity index (χ2v) is 7.68. The van der Waals surface area contributed by atoms with Crippen molar-refractivity contribution in [2.24, 2.45) is 5.92 Å². The number of fused-ring (bicyclic) bond motifs is 1. The molecule has 2 fully saturated rings. The highest BCUT2D eigenvalue weighted by Gasteiger charge is 2.32. The number of nitrogens with zero attached hydrogens (tertiary/aromatic N) is 1. The first kappa shape index (κ1) is 12.4. The molecular weight excluding hydrogens is 222 g/mol. The third kappa shape index (κ3) is 3.20. The van der Waals surface area contributed by atoms with E-state index in [9.17, 15) is 8.42 Å². The quantitative estimate of drug-likeness (QED) is 0.759. The van der Waals surface area contributed by atoms with Gasteiger partial charge in [0, 0.05) is 18.8 Å². The highest BCUT2D eigenvalue weighted by molar-refractivity contribution is 7.90. The van der Waals surface area contributed by atoms with Crippen LogP contribution in [-0.2, 0) is 9.84 Å². The van der Waals surface area contributed by atoms with Crippen LogP contribution in [-0.4, -0.2) is 44.5 Å². The number of likely N-dealkylation sites (tertiary alicyclic amines) is 1. The van der Waals surface area contributed by atoms with Crippen molar-refractivity contribution in [3.8, 4) is 0 Å². The van der Waals surface area contributed by atoms with Gasteiger partial charge in [0.05, 0.1) is 5.75 Å². The average Bonchev–Trinajstić information content (AvgIpc) is 2.25. The van der Waals surface area contributed by atoms with Gasteiger partial charge in [0.1, 0.15) is 9.84 Å². The van der Waals surface area contributed by atoms with Gasteiger partial charge in [-0.05, 0) is 38.1 Å². The van der Waals surface area contributed by atoms with E-state index in [0.29, 0.717) is 11.8 Å². The second-order valence-electron chi connectivity index (χ2n) is 5.42. The molecule has 16 heavy (non-hydrogen) atoms. The van der Waals surface area contributed by atoms with Crippen LogP contribution < -0.4 is 0 Å². The Morgan fingerprint density at radius 1 is 1.12 bits per heavy atom. The van der Waals surface area contributed by atoms with Crippen molar-refractivity contribution in [2.75, 3.05) is 25.1 Å². The van der Waals surface area contributed by atoms with E-state index in [0.717, 1.165) is 19.0 Å². The predicted molar refractivity (Wildman–Crippen MR) is 66.3 cm³/mol. The SMILES string of the molecule is CS(=O)(=O)CCN1CCCC2CCCCC21. The lowest BCUT2D eigenvalue weighted by Gasteiger charge is -2.44.